The number of carbonyl (C=O) groups is 1. The van der Waals surface area contributed by atoms with Crippen molar-refractivity contribution < 1.29 is 26.4 Å². The molecular formula is C20H16F3N5O3S2. The summed E-state index contributed by atoms with van der Waals surface area (Å²) in [6.07, 6.45) is -2.13. The van der Waals surface area contributed by atoms with Crippen molar-refractivity contribution in [2.24, 2.45) is 10.1 Å². The number of thioether (sulfide) groups is 1. The summed E-state index contributed by atoms with van der Waals surface area (Å²) in [5.74, 6) is -1.09. The van der Waals surface area contributed by atoms with Gasteiger partial charge in [0.2, 0.25) is 19.4 Å². The molecule has 0 fully saturated rings. The molecule has 0 bridgehead atoms. The number of amidine groups is 2. The molecule has 0 atom stereocenters. The molecule has 3 heterocycles. The van der Waals surface area contributed by atoms with Crippen molar-refractivity contribution in [2.45, 2.75) is 20.0 Å². The van der Waals surface area contributed by atoms with Crippen molar-refractivity contribution in [1.29, 1.82) is 5.41 Å². The second-order valence-electron chi connectivity index (χ2n) is 7.37. The zero-order chi connectivity index (χ0) is 24.3. The smallest absolute Gasteiger partial charge is 0.318 e. The highest BCUT2D eigenvalue weighted by Gasteiger charge is 2.38. The summed E-state index contributed by atoms with van der Waals surface area (Å²) in [7, 11) is -3.65. The minimum absolute atomic E-state index is 0.0305. The fraction of sp³-hybridized carbons (Fsp3) is 0.200. The normalized spacial score (nSPS) is 18.0. The van der Waals surface area contributed by atoms with Gasteiger partial charge in [-0.15, -0.1) is 5.10 Å². The number of alkyl halides is 3. The van der Waals surface area contributed by atoms with Crippen LogP contribution < -0.4 is 0 Å². The van der Waals surface area contributed by atoms with Crippen molar-refractivity contribution >= 4 is 49.0 Å². The molecule has 13 heteroatoms. The van der Waals surface area contributed by atoms with E-state index in [0.717, 1.165) is 23.4 Å². The maximum atomic E-state index is 13.1. The summed E-state index contributed by atoms with van der Waals surface area (Å²) in [5.41, 5.74) is 1.05. The molecule has 4 rings (SSSR count). The Labute approximate surface area is 190 Å². The van der Waals surface area contributed by atoms with Gasteiger partial charge in [0, 0.05) is 23.3 Å². The van der Waals surface area contributed by atoms with E-state index in [-0.39, 0.29) is 21.0 Å². The molecule has 2 aliphatic heterocycles. The lowest BCUT2D eigenvalue weighted by Gasteiger charge is -2.20. The van der Waals surface area contributed by atoms with Gasteiger partial charge in [-0.05, 0) is 61.5 Å². The lowest BCUT2D eigenvalue weighted by Crippen LogP contribution is -2.35. The Balaban J connectivity index is 1.76. The van der Waals surface area contributed by atoms with Crippen molar-refractivity contribution in [3.63, 3.8) is 0 Å². The number of hydrogen-bond donors (Lipinski definition) is 1. The fourth-order valence-corrected chi connectivity index (χ4v) is 5.12. The highest BCUT2D eigenvalue weighted by atomic mass is 32.3. The lowest BCUT2D eigenvalue weighted by atomic mass is 10.1. The molecule has 172 valence electrons. The van der Waals surface area contributed by atoms with Crippen LogP contribution >= 0.6 is 11.8 Å². The number of fused-ring (bicyclic) bond motifs is 1. The highest BCUT2D eigenvalue weighted by molar-refractivity contribution is 8.42. The standard InChI is InChI=1S/C20H16F3N5O3S2/c1-10-7-12(11(2)27(10)14-6-4-5-13(9-14)20(21,22)23)8-15-16(24)28-18(25-17(15)29)32-19(26-28)33(3,30)31/h4-9,24H,1-3H3/b15-8+,24-16?. The van der Waals surface area contributed by atoms with Gasteiger partial charge in [0.05, 0.1) is 11.1 Å². The van der Waals surface area contributed by atoms with Gasteiger partial charge in [0.1, 0.15) is 0 Å². The van der Waals surface area contributed by atoms with Crippen LogP contribution in [0.1, 0.15) is 22.5 Å². The van der Waals surface area contributed by atoms with Crippen LogP contribution in [0.5, 0.6) is 0 Å². The van der Waals surface area contributed by atoms with Crippen LogP contribution in [0.25, 0.3) is 11.8 Å². The minimum Gasteiger partial charge on any atom is -0.318 e. The van der Waals surface area contributed by atoms with Gasteiger partial charge in [-0.25, -0.2) is 8.42 Å². The Bertz CT molecular complexity index is 1420. The molecule has 0 saturated carbocycles. The Morgan fingerprint density at radius 2 is 1.88 bits per heavy atom. The van der Waals surface area contributed by atoms with E-state index < -0.39 is 27.5 Å². The van der Waals surface area contributed by atoms with Crippen LogP contribution in [-0.4, -0.2) is 45.5 Å². The first-order valence-electron chi connectivity index (χ1n) is 9.34. The number of hydrazone groups is 1. The van der Waals surface area contributed by atoms with Crippen LogP contribution in [0.3, 0.4) is 0 Å². The van der Waals surface area contributed by atoms with Gasteiger partial charge in [-0.2, -0.15) is 23.2 Å². The van der Waals surface area contributed by atoms with E-state index in [1.807, 2.05) is 0 Å². The first-order chi connectivity index (χ1) is 15.3. The van der Waals surface area contributed by atoms with Crippen molar-refractivity contribution in [3.05, 3.63) is 58.4 Å². The van der Waals surface area contributed by atoms with Crippen LogP contribution in [0.4, 0.5) is 13.2 Å². The van der Waals surface area contributed by atoms with E-state index in [2.05, 4.69) is 10.1 Å². The molecule has 0 spiro atoms. The molecule has 0 radical (unpaired) electrons. The van der Waals surface area contributed by atoms with Gasteiger partial charge in [-0.3, -0.25) is 10.2 Å². The number of hydrogen-bond acceptors (Lipinski definition) is 6. The predicted molar refractivity (Wildman–Crippen MR) is 120 cm³/mol. The first-order valence-corrected chi connectivity index (χ1v) is 12.0. The van der Waals surface area contributed by atoms with Gasteiger partial charge < -0.3 is 4.57 Å². The number of nitrogens with one attached hydrogen (secondary N) is 1. The van der Waals surface area contributed by atoms with Crippen LogP contribution in [0.2, 0.25) is 0 Å². The number of halogens is 3. The third kappa shape index (κ3) is 4.13. The molecule has 1 amide bonds. The molecule has 0 aliphatic carbocycles. The predicted octanol–water partition coefficient (Wildman–Crippen LogP) is 3.73. The molecule has 33 heavy (non-hydrogen) atoms. The topological polar surface area (TPSA) is 108 Å². The summed E-state index contributed by atoms with van der Waals surface area (Å²) in [6, 6.07) is 6.54. The fourth-order valence-electron chi connectivity index (χ4n) is 3.43. The van der Waals surface area contributed by atoms with Gasteiger partial charge >= 0.3 is 6.18 Å². The third-order valence-electron chi connectivity index (χ3n) is 4.95. The van der Waals surface area contributed by atoms with E-state index in [1.165, 1.54) is 12.1 Å². The van der Waals surface area contributed by atoms with E-state index in [4.69, 9.17) is 5.41 Å². The number of benzene rings is 1. The van der Waals surface area contributed by atoms with Gasteiger partial charge in [-0.1, -0.05) is 6.07 Å². The van der Waals surface area contributed by atoms with Crippen LogP contribution in [-0.2, 0) is 20.8 Å². The summed E-state index contributed by atoms with van der Waals surface area (Å²) < 4.78 is 64.3. The SMILES string of the molecule is Cc1cc(/C=C2\C(=N)N3N=C(S(C)(=O)=O)SC3=NC2=O)c(C)n1-c1cccc(C(F)(F)F)c1. The highest BCUT2D eigenvalue weighted by Crippen LogP contribution is 2.33. The molecule has 0 saturated heterocycles. The van der Waals surface area contributed by atoms with Gasteiger partial charge in [0.15, 0.2) is 5.84 Å². The number of nitrogens with zero attached hydrogens (tertiary/aromatic N) is 4. The minimum atomic E-state index is -4.49. The number of sulfone groups is 1. The molecule has 8 nitrogen and oxygen atoms in total. The molecule has 2 aliphatic rings. The Morgan fingerprint density at radius 3 is 2.52 bits per heavy atom. The first kappa shape index (κ1) is 23.0. The number of aliphatic imine (C=N–C) groups is 1. The Morgan fingerprint density at radius 1 is 1.18 bits per heavy atom. The zero-order valence-corrected chi connectivity index (χ0v) is 19.1. The molecular weight excluding hydrogens is 479 g/mol. The average Bonchev–Trinajstić information content (AvgIpc) is 3.25. The van der Waals surface area contributed by atoms with Crippen molar-refractivity contribution in [1.82, 2.24) is 9.58 Å². The summed E-state index contributed by atoms with van der Waals surface area (Å²) in [4.78, 5) is 16.4. The maximum absolute atomic E-state index is 13.1. The number of carbonyl (C=O) groups excluding carboxylic acids is 1. The Hall–Kier alpha value is -3.19. The quantitative estimate of drug-likeness (QED) is 0.639. The van der Waals surface area contributed by atoms with Crippen molar-refractivity contribution in [2.75, 3.05) is 6.26 Å². The number of rotatable bonds is 2. The zero-order valence-electron chi connectivity index (χ0n) is 17.4. The van der Waals surface area contributed by atoms with Crippen molar-refractivity contribution in [3.8, 4) is 5.69 Å². The van der Waals surface area contributed by atoms with Crippen LogP contribution in [0.15, 0.2) is 46.0 Å². The van der Waals surface area contributed by atoms with Gasteiger partial charge in [0.25, 0.3) is 5.91 Å². The molecule has 1 N–H and O–H groups in total. The number of aromatic nitrogens is 1. The molecule has 1 aromatic carbocycles. The van der Waals surface area contributed by atoms with E-state index in [9.17, 15) is 26.4 Å². The summed E-state index contributed by atoms with van der Waals surface area (Å²) in [6.45, 7) is 3.39. The Kier molecular flexibility index (Phi) is 5.36. The van der Waals surface area contributed by atoms with E-state index in [1.54, 1.807) is 30.5 Å². The average molecular weight is 496 g/mol. The summed E-state index contributed by atoms with van der Waals surface area (Å²) in [5, 5.41) is 13.2. The maximum Gasteiger partial charge on any atom is 0.416 e. The summed E-state index contributed by atoms with van der Waals surface area (Å²) >= 11 is 0.681. The second-order valence-corrected chi connectivity index (χ2v) is 10.5. The third-order valence-corrected chi connectivity index (χ3v) is 7.53. The van der Waals surface area contributed by atoms with Crippen LogP contribution in [0, 0.1) is 19.3 Å². The van der Waals surface area contributed by atoms with E-state index >= 15 is 0 Å². The molecule has 2 aromatic rings. The monoisotopic (exact) mass is 495 g/mol. The lowest BCUT2D eigenvalue weighted by molar-refractivity contribution is -0.137. The number of aryl methyl sites for hydroxylation is 1. The number of amides is 1. The molecule has 0 unspecified atom stereocenters. The molecule has 1 aromatic heterocycles. The second kappa shape index (κ2) is 7.70. The van der Waals surface area contributed by atoms with E-state index in [0.29, 0.717) is 34.4 Å². The largest absolute Gasteiger partial charge is 0.416 e.